The van der Waals surface area contributed by atoms with Gasteiger partial charge in [0.15, 0.2) is 0 Å². The molecule has 0 heteroatoms. The van der Waals surface area contributed by atoms with Crippen LogP contribution in [0.1, 0.15) is 25.7 Å². The fourth-order valence-corrected chi connectivity index (χ4v) is 1.18. The third-order valence-electron chi connectivity index (χ3n) is 1.72. The molecule has 1 aliphatic rings. The van der Waals surface area contributed by atoms with E-state index in [-0.39, 0.29) is 0 Å². The Morgan fingerprint density at radius 1 is 1.33 bits per heavy atom. The van der Waals surface area contributed by atoms with Crippen LogP contribution >= 0.6 is 0 Å². The van der Waals surface area contributed by atoms with E-state index < -0.39 is 0 Å². The number of hydrogen-bond donors (Lipinski definition) is 0. The minimum absolute atomic E-state index is 1.05. The Kier molecular flexibility index (Phi) is 1.92. The summed E-state index contributed by atoms with van der Waals surface area (Å²) < 4.78 is 0. The third kappa shape index (κ3) is 1.58. The minimum atomic E-state index is 1.05. The Labute approximate surface area is 56.6 Å². The Bertz CT molecular complexity index is 168. The second kappa shape index (κ2) is 2.70. The van der Waals surface area contributed by atoms with E-state index in [4.69, 9.17) is 0 Å². The highest BCUT2D eigenvalue weighted by molar-refractivity contribution is 5.15. The summed E-state index contributed by atoms with van der Waals surface area (Å²) in [5, 5.41) is 0. The summed E-state index contributed by atoms with van der Waals surface area (Å²) in [5.41, 5.74) is 5.62. The van der Waals surface area contributed by atoms with Gasteiger partial charge in [0, 0.05) is 0 Å². The van der Waals surface area contributed by atoms with Crippen molar-refractivity contribution < 1.29 is 0 Å². The van der Waals surface area contributed by atoms with Crippen molar-refractivity contribution in [2.75, 3.05) is 0 Å². The van der Waals surface area contributed by atoms with Gasteiger partial charge in [0.25, 0.3) is 0 Å². The molecule has 0 bridgehead atoms. The standard InChI is InChI=1S/C9H12/c1-3-9-6-4-5-8(2)7-9/h1-2,4-7H2. The van der Waals surface area contributed by atoms with Crippen LogP contribution < -0.4 is 0 Å². The van der Waals surface area contributed by atoms with Crippen molar-refractivity contribution in [2.24, 2.45) is 0 Å². The first-order valence-corrected chi connectivity index (χ1v) is 3.37. The summed E-state index contributed by atoms with van der Waals surface area (Å²) in [5.74, 6) is 0. The molecular weight excluding hydrogens is 108 g/mol. The Morgan fingerprint density at radius 3 is 2.56 bits per heavy atom. The highest BCUT2D eigenvalue weighted by Gasteiger charge is 2.06. The molecule has 1 fully saturated rings. The molecule has 0 N–H and O–H groups in total. The van der Waals surface area contributed by atoms with Gasteiger partial charge >= 0.3 is 0 Å². The topological polar surface area (TPSA) is 0 Å². The third-order valence-corrected chi connectivity index (χ3v) is 1.72. The van der Waals surface area contributed by atoms with E-state index in [9.17, 15) is 0 Å². The molecule has 0 aromatic rings. The van der Waals surface area contributed by atoms with Gasteiger partial charge in [0.05, 0.1) is 0 Å². The first kappa shape index (κ1) is 6.38. The van der Waals surface area contributed by atoms with Crippen LogP contribution in [0.4, 0.5) is 0 Å². The van der Waals surface area contributed by atoms with Crippen LogP contribution in [0.3, 0.4) is 0 Å². The van der Waals surface area contributed by atoms with Crippen LogP contribution in [0, 0.1) is 0 Å². The van der Waals surface area contributed by atoms with Gasteiger partial charge < -0.3 is 0 Å². The molecule has 0 aromatic heterocycles. The second-order valence-electron chi connectivity index (χ2n) is 2.56. The maximum Gasteiger partial charge on any atom is -0.00351 e. The maximum atomic E-state index is 3.92. The van der Waals surface area contributed by atoms with Crippen LogP contribution in [-0.2, 0) is 0 Å². The zero-order valence-corrected chi connectivity index (χ0v) is 5.74. The molecule has 9 heavy (non-hydrogen) atoms. The predicted octanol–water partition coefficient (Wildman–Crippen LogP) is 2.83. The quantitative estimate of drug-likeness (QED) is 0.340. The normalized spacial score (nSPS) is 19.6. The number of rotatable bonds is 0. The van der Waals surface area contributed by atoms with Crippen molar-refractivity contribution in [1.29, 1.82) is 0 Å². The highest BCUT2D eigenvalue weighted by atomic mass is 14.1. The first-order valence-electron chi connectivity index (χ1n) is 3.37. The van der Waals surface area contributed by atoms with E-state index >= 15 is 0 Å². The largest absolute Gasteiger partial charge is 0.129 e. The molecule has 0 saturated heterocycles. The lowest BCUT2D eigenvalue weighted by Crippen LogP contribution is -1.94. The molecule has 0 heterocycles. The molecule has 0 amide bonds. The SMILES string of the molecule is C=C=C1CCCC(=C)C1. The van der Waals surface area contributed by atoms with Crippen molar-refractivity contribution >= 4 is 0 Å². The van der Waals surface area contributed by atoms with Crippen LogP contribution in [0.5, 0.6) is 0 Å². The van der Waals surface area contributed by atoms with E-state index in [1.54, 1.807) is 0 Å². The van der Waals surface area contributed by atoms with Crippen molar-refractivity contribution in [3.05, 3.63) is 30.0 Å². The average Bonchev–Trinajstić information content (AvgIpc) is 1.88. The molecule has 0 atom stereocenters. The zero-order chi connectivity index (χ0) is 6.69. The lowest BCUT2D eigenvalue weighted by molar-refractivity contribution is 0.716. The van der Waals surface area contributed by atoms with Gasteiger partial charge in [-0.3, -0.25) is 0 Å². The van der Waals surface area contributed by atoms with E-state index in [1.807, 2.05) is 0 Å². The molecule has 48 valence electrons. The zero-order valence-electron chi connectivity index (χ0n) is 5.74. The molecule has 0 radical (unpaired) electrons. The molecule has 0 nitrogen and oxygen atoms in total. The fraction of sp³-hybridized carbons (Fsp3) is 0.444. The van der Waals surface area contributed by atoms with E-state index in [2.05, 4.69) is 18.9 Å². The molecule has 0 aliphatic heterocycles. The first-order chi connectivity index (χ1) is 4.33. The van der Waals surface area contributed by atoms with Gasteiger partial charge in [0.2, 0.25) is 0 Å². The lowest BCUT2D eigenvalue weighted by atomic mass is 9.92. The molecule has 0 unspecified atom stereocenters. The van der Waals surface area contributed by atoms with Gasteiger partial charge in [-0.15, -0.1) is 5.73 Å². The molecule has 1 aliphatic carbocycles. The van der Waals surface area contributed by atoms with Gasteiger partial charge in [-0.05, 0) is 31.3 Å². The molecule has 0 spiro atoms. The van der Waals surface area contributed by atoms with Crippen molar-refractivity contribution in [2.45, 2.75) is 25.7 Å². The Balaban J connectivity index is 2.61. The van der Waals surface area contributed by atoms with E-state index in [0.717, 1.165) is 6.42 Å². The summed E-state index contributed by atoms with van der Waals surface area (Å²) in [6, 6.07) is 0. The molecule has 1 rings (SSSR count). The number of allylic oxidation sites excluding steroid dienone is 2. The van der Waals surface area contributed by atoms with Gasteiger partial charge in [0.1, 0.15) is 0 Å². The summed E-state index contributed by atoms with van der Waals surface area (Å²) >= 11 is 0. The highest BCUT2D eigenvalue weighted by Crippen LogP contribution is 2.24. The lowest BCUT2D eigenvalue weighted by Gasteiger charge is -2.13. The predicted molar refractivity (Wildman–Crippen MR) is 40.3 cm³/mol. The summed E-state index contributed by atoms with van der Waals surface area (Å²) in [6.45, 7) is 7.54. The van der Waals surface area contributed by atoms with Crippen LogP contribution in [0.15, 0.2) is 30.0 Å². The van der Waals surface area contributed by atoms with Crippen molar-refractivity contribution in [3.63, 3.8) is 0 Å². The van der Waals surface area contributed by atoms with Gasteiger partial charge in [-0.25, -0.2) is 0 Å². The van der Waals surface area contributed by atoms with Crippen LogP contribution in [0.25, 0.3) is 0 Å². The van der Waals surface area contributed by atoms with Crippen molar-refractivity contribution in [1.82, 2.24) is 0 Å². The summed E-state index contributed by atoms with van der Waals surface area (Å²) in [6.07, 6.45) is 4.67. The molecule has 1 saturated carbocycles. The number of hydrogen-bond acceptors (Lipinski definition) is 0. The van der Waals surface area contributed by atoms with Gasteiger partial charge in [-0.1, -0.05) is 18.7 Å². The monoisotopic (exact) mass is 120 g/mol. The fourth-order valence-electron chi connectivity index (χ4n) is 1.18. The minimum Gasteiger partial charge on any atom is -0.129 e. The smallest absolute Gasteiger partial charge is 0.00351 e. The molecular formula is C9H12. The summed E-state index contributed by atoms with van der Waals surface area (Å²) in [4.78, 5) is 0. The van der Waals surface area contributed by atoms with E-state index in [0.29, 0.717) is 0 Å². The maximum absolute atomic E-state index is 3.92. The summed E-state index contributed by atoms with van der Waals surface area (Å²) in [7, 11) is 0. The Hall–Kier alpha value is -0.740. The molecule has 0 aromatic carbocycles. The van der Waals surface area contributed by atoms with Gasteiger partial charge in [-0.2, -0.15) is 0 Å². The second-order valence-corrected chi connectivity index (χ2v) is 2.56. The van der Waals surface area contributed by atoms with Crippen LogP contribution in [-0.4, -0.2) is 0 Å². The van der Waals surface area contributed by atoms with Crippen molar-refractivity contribution in [3.8, 4) is 0 Å². The average molecular weight is 120 g/mol. The van der Waals surface area contributed by atoms with Crippen LogP contribution in [0.2, 0.25) is 0 Å². The van der Waals surface area contributed by atoms with E-state index in [1.165, 1.54) is 30.4 Å². The Morgan fingerprint density at radius 2 is 2.11 bits per heavy atom.